The van der Waals surface area contributed by atoms with Gasteiger partial charge in [0.05, 0.1) is 17.4 Å². The van der Waals surface area contributed by atoms with Gasteiger partial charge < -0.3 is 4.57 Å². The summed E-state index contributed by atoms with van der Waals surface area (Å²) in [4.78, 5) is 0. The van der Waals surface area contributed by atoms with Crippen LogP contribution in [0.4, 0.5) is 4.39 Å². The normalized spacial score (nSPS) is 10.8. The van der Waals surface area contributed by atoms with Gasteiger partial charge in [-0.15, -0.1) is 10.2 Å². The Morgan fingerprint density at radius 1 is 1.35 bits per heavy atom. The van der Waals surface area contributed by atoms with Crippen molar-refractivity contribution in [2.75, 3.05) is 5.75 Å². The quantitative estimate of drug-likeness (QED) is 0.792. The van der Waals surface area contributed by atoms with Crippen molar-refractivity contribution >= 4 is 11.8 Å². The molecule has 0 bridgehead atoms. The minimum atomic E-state index is -0.318. The Morgan fingerprint density at radius 3 is 2.75 bits per heavy atom. The first-order valence-electron chi connectivity index (χ1n) is 6.31. The number of benzene rings is 1. The van der Waals surface area contributed by atoms with Gasteiger partial charge in [-0.3, -0.25) is 0 Å². The molecule has 104 valence electrons. The molecule has 1 aromatic carbocycles. The average molecular weight is 290 g/mol. The third kappa shape index (κ3) is 3.17. The summed E-state index contributed by atoms with van der Waals surface area (Å²) in [7, 11) is 0. The molecule has 0 unspecified atom stereocenters. The Balaban J connectivity index is 2.45. The second-order valence-corrected chi connectivity index (χ2v) is 5.68. The molecule has 0 N–H and O–H groups in total. The van der Waals surface area contributed by atoms with Crippen molar-refractivity contribution in [2.24, 2.45) is 5.92 Å². The maximum absolute atomic E-state index is 13.9. The molecule has 0 aliphatic heterocycles. The smallest absolute Gasteiger partial charge is 0.192 e. The summed E-state index contributed by atoms with van der Waals surface area (Å²) in [5.74, 6) is 0.866. The summed E-state index contributed by atoms with van der Waals surface area (Å²) < 4.78 is 15.8. The van der Waals surface area contributed by atoms with Crippen molar-refractivity contribution in [1.82, 2.24) is 14.8 Å². The summed E-state index contributed by atoms with van der Waals surface area (Å²) in [6.07, 6.45) is 0. The zero-order valence-corrected chi connectivity index (χ0v) is 12.2. The van der Waals surface area contributed by atoms with Crippen LogP contribution in [0.25, 0.3) is 11.4 Å². The van der Waals surface area contributed by atoms with E-state index in [2.05, 4.69) is 30.1 Å². The molecule has 0 aliphatic carbocycles. The molecule has 0 saturated heterocycles. The fourth-order valence-corrected chi connectivity index (χ4v) is 2.47. The van der Waals surface area contributed by atoms with E-state index in [-0.39, 0.29) is 5.82 Å². The molecule has 6 heteroatoms. The number of nitriles is 1. The number of nitrogens with zero attached hydrogens (tertiary/aromatic N) is 4. The summed E-state index contributed by atoms with van der Waals surface area (Å²) in [5, 5.41) is 17.5. The zero-order valence-electron chi connectivity index (χ0n) is 11.4. The fourth-order valence-electron chi connectivity index (χ4n) is 1.86. The Morgan fingerprint density at radius 2 is 2.10 bits per heavy atom. The van der Waals surface area contributed by atoms with Crippen LogP contribution in [0.2, 0.25) is 0 Å². The van der Waals surface area contributed by atoms with Crippen molar-refractivity contribution < 1.29 is 4.39 Å². The van der Waals surface area contributed by atoms with Crippen LogP contribution in [0, 0.1) is 23.1 Å². The van der Waals surface area contributed by atoms with Crippen LogP contribution in [-0.2, 0) is 6.54 Å². The first kappa shape index (κ1) is 14.5. The highest BCUT2D eigenvalue weighted by atomic mass is 32.2. The molecule has 0 amide bonds. The summed E-state index contributed by atoms with van der Waals surface area (Å²) in [5.41, 5.74) is 0.435. The van der Waals surface area contributed by atoms with Crippen LogP contribution in [0.1, 0.15) is 13.8 Å². The maximum Gasteiger partial charge on any atom is 0.192 e. The topological polar surface area (TPSA) is 54.5 Å². The van der Waals surface area contributed by atoms with E-state index in [1.807, 2.05) is 4.57 Å². The Bertz CT molecular complexity index is 630. The summed E-state index contributed by atoms with van der Waals surface area (Å²) in [6, 6.07) is 8.58. The highest BCUT2D eigenvalue weighted by Gasteiger charge is 2.17. The van der Waals surface area contributed by atoms with E-state index < -0.39 is 0 Å². The first-order chi connectivity index (χ1) is 9.63. The molecule has 1 aromatic heterocycles. The Labute approximate surface area is 121 Å². The second-order valence-electron chi connectivity index (χ2n) is 4.74. The number of rotatable bonds is 5. The highest BCUT2D eigenvalue weighted by Crippen LogP contribution is 2.26. The molecule has 2 aromatic rings. The SMILES string of the molecule is CC(C)Cn1c(SCC#N)nnc1-c1ccccc1F. The van der Waals surface area contributed by atoms with E-state index in [9.17, 15) is 4.39 Å². The van der Waals surface area contributed by atoms with E-state index in [1.54, 1.807) is 18.2 Å². The molecular formula is C14H15FN4S. The number of hydrogen-bond donors (Lipinski definition) is 0. The zero-order chi connectivity index (χ0) is 14.5. The van der Waals surface area contributed by atoms with Crippen LogP contribution in [0.15, 0.2) is 29.4 Å². The molecule has 20 heavy (non-hydrogen) atoms. The molecule has 0 atom stereocenters. The number of hydrogen-bond acceptors (Lipinski definition) is 4. The highest BCUT2D eigenvalue weighted by molar-refractivity contribution is 7.99. The van der Waals surface area contributed by atoms with Gasteiger partial charge in [0.1, 0.15) is 5.82 Å². The fraction of sp³-hybridized carbons (Fsp3) is 0.357. The second kappa shape index (κ2) is 6.53. The molecule has 0 radical (unpaired) electrons. The molecule has 2 rings (SSSR count). The lowest BCUT2D eigenvalue weighted by Crippen LogP contribution is -2.08. The molecule has 0 spiro atoms. The number of aromatic nitrogens is 3. The van der Waals surface area contributed by atoms with Crippen molar-refractivity contribution in [2.45, 2.75) is 25.5 Å². The molecule has 0 saturated carbocycles. The van der Waals surface area contributed by atoms with Crippen LogP contribution >= 0.6 is 11.8 Å². The minimum absolute atomic E-state index is 0.299. The standard InChI is InChI=1S/C14H15FN4S/c1-10(2)9-19-13(11-5-3-4-6-12(11)15)17-18-14(19)20-8-7-16/h3-6,10H,8-9H2,1-2H3. The summed E-state index contributed by atoms with van der Waals surface area (Å²) in [6.45, 7) is 4.83. The third-order valence-corrected chi connectivity index (χ3v) is 3.48. The van der Waals surface area contributed by atoms with E-state index in [0.717, 1.165) is 0 Å². The van der Waals surface area contributed by atoms with Crippen molar-refractivity contribution in [1.29, 1.82) is 5.26 Å². The lowest BCUT2D eigenvalue weighted by molar-refractivity contribution is 0.496. The molecule has 4 nitrogen and oxygen atoms in total. The Hall–Kier alpha value is -1.87. The van der Waals surface area contributed by atoms with Crippen LogP contribution in [0.3, 0.4) is 0 Å². The molecule has 1 heterocycles. The van der Waals surface area contributed by atoms with Crippen molar-refractivity contribution in [3.05, 3.63) is 30.1 Å². The third-order valence-electron chi connectivity index (χ3n) is 2.65. The van der Waals surface area contributed by atoms with Crippen LogP contribution in [-0.4, -0.2) is 20.5 Å². The monoisotopic (exact) mass is 290 g/mol. The van der Waals surface area contributed by atoms with E-state index in [0.29, 0.717) is 34.8 Å². The average Bonchev–Trinajstić information content (AvgIpc) is 2.79. The predicted molar refractivity (Wildman–Crippen MR) is 76.6 cm³/mol. The minimum Gasteiger partial charge on any atom is -0.302 e. The number of halogens is 1. The maximum atomic E-state index is 13.9. The van der Waals surface area contributed by atoms with Gasteiger partial charge in [0.25, 0.3) is 0 Å². The van der Waals surface area contributed by atoms with Gasteiger partial charge in [-0.05, 0) is 18.1 Å². The van der Waals surface area contributed by atoms with Crippen molar-refractivity contribution in [3.63, 3.8) is 0 Å². The van der Waals surface area contributed by atoms with Gasteiger partial charge in [-0.2, -0.15) is 5.26 Å². The van der Waals surface area contributed by atoms with E-state index >= 15 is 0 Å². The first-order valence-corrected chi connectivity index (χ1v) is 7.30. The lowest BCUT2D eigenvalue weighted by Gasteiger charge is -2.12. The van der Waals surface area contributed by atoms with Gasteiger partial charge in [0, 0.05) is 6.54 Å². The Kier molecular flexibility index (Phi) is 4.74. The van der Waals surface area contributed by atoms with Gasteiger partial charge in [-0.25, -0.2) is 4.39 Å². The van der Waals surface area contributed by atoms with E-state index in [4.69, 9.17) is 5.26 Å². The molecular weight excluding hydrogens is 275 g/mol. The van der Waals surface area contributed by atoms with Gasteiger partial charge in [0.15, 0.2) is 11.0 Å². The predicted octanol–water partition coefficient (Wildman–Crippen LogP) is 3.36. The van der Waals surface area contributed by atoms with Crippen molar-refractivity contribution in [3.8, 4) is 17.5 Å². The lowest BCUT2D eigenvalue weighted by atomic mass is 10.2. The largest absolute Gasteiger partial charge is 0.302 e. The van der Waals surface area contributed by atoms with E-state index in [1.165, 1.54) is 17.8 Å². The van der Waals surface area contributed by atoms with Gasteiger partial charge >= 0.3 is 0 Å². The van der Waals surface area contributed by atoms with Crippen LogP contribution < -0.4 is 0 Å². The van der Waals surface area contributed by atoms with Gasteiger partial charge in [0.2, 0.25) is 0 Å². The molecule has 0 aliphatic rings. The van der Waals surface area contributed by atoms with Crippen LogP contribution in [0.5, 0.6) is 0 Å². The number of thioether (sulfide) groups is 1. The molecule has 0 fully saturated rings. The van der Waals surface area contributed by atoms with Gasteiger partial charge in [-0.1, -0.05) is 37.7 Å². The summed E-state index contributed by atoms with van der Waals surface area (Å²) >= 11 is 1.32.